The number of rotatable bonds is 1. The van der Waals surface area contributed by atoms with Crippen molar-refractivity contribution in [2.45, 2.75) is 51.2 Å². The summed E-state index contributed by atoms with van der Waals surface area (Å²) in [7, 11) is 0. The molecule has 3 rings (SSSR count). The Bertz CT molecular complexity index is 402. The van der Waals surface area contributed by atoms with Gasteiger partial charge in [-0.3, -0.25) is 4.90 Å². The smallest absolute Gasteiger partial charge is 0.0366 e. The quantitative estimate of drug-likeness (QED) is 0.816. The fourth-order valence-electron chi connectivity index (χ4n) is 3.57. The second-order valence-corrected chi connectivity index (χ2v) is 5.76. The standard InChI is InChI=1S/C16H24N2/c1-13-6-4-5-11-18(13)16-9-10-17-12-14-7-2-3-8-15(14)16/h2-3,7-8,13,16-17H,4-6,9-12H2,1H3. The molecular weight excluding hydrogens is 220 g/mol. The van der Waals surface area contributed by atoms with Crippen molar-refractivity contribution in [2.24, 2.45) is 0 Å². The van der Waals surface area contributed by atoms with Crippen LogP contribution in [0.3, 0.4) is 0 Å². The lowest BCUT2D eigenvalue weighted by Gasteiger charge is -2.40. The Morgan fingerprint density at radius 2 is 2.06 bits per heavy atom. The molecule has 2 unspecified atom stereocenters. The van der Waals surface area contributed by atoms with E-state index >= 15 is 0 Å². The van der Waals surface area contributed by atoms with Gasteiger partial charge in [0, 0.05) is 18.6 Å². The summed E-state index contributed by atoms with van der Waals surface area (Å²) in [5, 5.41) is 3.56. The van der Waals surface area contributed by atoms with Crippen LogP contribution in [-0.2, 0) is 6.54 Å². The van der Waals surface area contributed by atoms with Gasteiger partial charge in [0.2, 0.25) is 0 Å². The molecular formula is C16H24N2. The highest BCUT2D eigenvalue weighted by atomic mass is 15.2. The van der Waals surface area contributed by atoms with E-state index in [1.165, 1.54) is 37.8 Å². The third-order valence-corrected chi connectivity index (χ3v) is 4.58. The van der Waals surface area contributed by atoms with Crippen LogP contribution in [-0.4, -0.2) is 24.0 Å². The van der Waals surface area contributed by atoms with Crippen molar-refractivity contribution in [3.8, 4) is 0 Å². The predicted molar refractivity (Wildman–Crippen MR) is 75.5 cm³/mol. The Morgan fingerprint density at radius 1 is 1.17 bits per heavy atom. The average molecular weight is 244 g/mol. The summed E-state index contributed by atoms with van der Waals surface area (Å²) in [5.41, 5.74) is 3.06. The molecule has 2 heteroatoms. The molecule has 1 N–H and O–H groups in total. The average Bonchev–Trinajstić information content (AvgIpc) is 2.62. The molecule has 2 heterocycles. The number of benzene rings is 1. The molecule has 0 aliphatic carbocycles. The molecule has 98 valence electrons. The minimum Gasteiger partial charge on any atom is -0.313 e. The first-order valence-corrected chi connectivity index (χ1v) is 7.40. The van der Waals surface area contributed by atoms with Gasteiger partial charge in [-0.05, 0) is 50.4 Å². The van der Waals surface area contributed by atoms with E-state index in [1.54, 1.807) is 5.56 Å². The summed E-state index contributed by atoms with van der Waals surface area (Å²) in [6.07, 6.45) is 5.40. The molecule has 0 saturated carbocycles. The molecule has 1 aromatic rings. The highest BCUT2D eigenvalue weighted by molar-refractivity contribution is 5.31. The van der Waals surface area contributed by atoms with E-state index in [2.05, 4.69) is 41.4 Å². The Kier molecular flexibility index (Phi) is 3.67. The molecule has 0 radical (unpaired) electrons. The third kappa shape index (κ3) is 2.32. The molecule has 2 atom stereocenters. The van der Waals surface area contributed by atoms with E-state index in [0.717, 1.165) is 19.1 Å². The normalized spacial score (nSPS) is 29.6. The SMILES string of the molecule is CC1CCCCN1C1CCNCc2ccccc21. The van der Waals surface area contributed by atoms with Crippen LogP contribution in [0.15, 0.2) is 24.3 Å². The van der Waals surface area contributed by atoms with Crippen molar-refractivity contribution in [3.05, 3.63) is 35.4 Å². The summed E-state index contributed by atoms with van der Waals surface area (Å²) in [4.78, 5) is 2.75. The summed E-state index contributed by atoms with van der Waals surface area (Å²) < 4.78 is 0. The number of hydrogen-bond acceptors (Lipinski definition) is 2. The van der Waals surface area contributed by atoms with Crippen LogP contribution in [0.5, 0.6) is 0 Å². The predicted octanol–water partition coefficient (Wildman–Crippen LogP) is 3.10. The van der Waals surface area contributed by atoms with E-state index in [1.807, 2.05) is 0 Å². The third-order valence-electron chi connectivity index (χ3n) is 4.58. The van der Waals surface area contributed by atoms with Gasteiger partial charge in [-0.1, -0.05) is 30.7 Å². The van der Waals surface area contributed by atoms with Crippen molar-refractivity contribution >= 4 is 0 Å². The van der Waals surface area contributed by atoms with Gasteiger partial charge in [0.1, 0.15) is 0 Å². The fraction of sp³-hybridized carbons (Fsp3) is 0.625. The first-order valence-electron chi connectivity index (χ1n) is 7.40. The zero-order valence-electron chi connectivity index (χ0n) is 11.4. The minimum absolute atomic E-state index is 0.631. The molecule has 1 fully saturated rings. The van der Waals surface area contributed by atoms with Crippen molar-refractivity contribution < 1.29 is 0 Å². The molecule has 2 nitrogen and oxygen atoms in total. The van der Waals surface area contributed by atoms with Gasteiger partial charge in [-0.2, -0.15) is 0 Å². The van der Waals surface area contributed by atoms with Gasteiger partial charge in [0.15, 0.2) is 0 Å². The van der Waals surface area contributed by atoms with Crippen molar-refractivity contribution in [1.82, 2.24) is 10.2 Å². The highest BCUT2D eigenvalue weighted by Gasteiger charge is 2.29. The van der Waals surface area contributed by atoms with Gasteiger partial charge < -0.3 is 5.32 Å². The molecule has 0 amide bonds. The number of nitrogens with one attached hydrogen (secondary N) is 1. The van der Waals surface area contributed by atoms with Gasteiger partial charge in [-0.15, -0.1) is 0 Å². The van der Waals surface area contributed by atoms with Crippen LogP contribution in [0.1, 0.15) is 49.8 Å². The maximum Gasteiger partial charge on any atom is 0.0366 e. The van der Waals surface area contributed by atoms with Gasteiger partial charge in [-0.25, -0.2) is 0 Å². The van der Waals surface area contributed by atoms with E-state index < -0.39 is 0 Å². The minimum atomic E-state index is 0.631. The molecule has 0 spiro atoms. The lowest BCUT2D eigenvalue weighted by molar-refractivity contribution is 0.101. The van der Waals surface area contributed by atoms with Crippen LogP contribution >= 0.6 is 0 Å². The number of piperidine rings is 1. The molecule has 2 aliphatic rings. The molecule has 2 aliphatic heterocycles. The largest absolute Gasteiger partial charge is 0.313 e. The molecule has 0 aromatic heterocycles. The first kappa shape index (κ1) is 12.2. The number of nitrogens with zero attached hydrogens (tertiary/aromatic N) is 1. The second-order valence-electron chi connectivity index (χ2n) is 5.76. The van der Waals surface area contributed by atoms with Crippen LogP contribution in [0.4, 0.5) is 0 Å². The van der Waals surface area contributed by atoms with Crippen molar-refractivity contribution in [2.75, 3.05) is 13.1 Å². The zero-order valence-corrected chi connectivity index (χ0v) is 11.4. The summed E-state index contributed by atoms with van der Waals surface area (Å²) in [6, 6.07) is 10.4. The Hall–Kier alpha value is -0.860. The van der Waals surface area contributed by atoms with Crippen molar-refractivity contribution in [1.29, 1.82) is 0 Å². The van der Waals surface area contributed by atoms with E-state index in [0.29, 0.717) is 6.04 Å². The second kappa shape index (κ2) is 5.41. The zero-order chi connectivity index (χ0) is 12.4. The lowest BCUT2D eigenvalue weighted by Crippen LogP contribution is -2.40. The van der Waals surface area contributed by atoms with E-state index in [9.17, 15) is 0 Å². The van der Waals surface area contributed by atoms with Crippen molar-refractivity contribution in [3.63, 3.8) is 0 Å². The molecule has 18 heavy (non-hydrogen) atoms. The summed E-state index contributed by atoms with van der Waals surface area (Å²) in [6.45, 7) is 5.86. The van der Waals surface area contributed by atoms with Crippen LogP contribution < -0.4 is 5.32 Å². The molecule has 1 saturated heterocycles. The Labute approximate surface area is 110 Å². The Balaban J connectivity index is 1.91. The fourth-order valence-corrected chi connectivity index (χ4v) is 3.57. The molecule has 1 aromatic carbocycles. The van der Waals surface area contributed by atoms with E-state index in [-0.39, 0.29) is 0 Å². The summed E-state index contributed by atoms with van der Waals surface area (Å²) >= 11 is 0. The molecule has 0 bridgehead atoms. The van der Waals surface area contributed by atoms with Crippen LogP contribution in [0, 0.1) is 0 Å². The van der Waals surface area contributed by atoms with Crippen LogP contribution in [0.2, 0.25) is 0 Å². The highest BCUT2D eigenvalue weighted by Crippen LogP contribution is 2.33. The lowest BCUT2D eigenvalue weighted by atomic mass is 9.93. The maximum absolute atomic E-state index is 3.56. The van der Waals surface area contributed by atoms with Gasteiger partial charge in [0.05, 0.1) is 0 Å². The van der Waals surface area contributed by atoms with Crippen LogP contribution in [0.25, 0.3) is 0 Å². The monoisotopic (exact) mass is 244 g/mol. The Morgan fingerprint density at radius 3 is 2.94 bits per heavy atom. The van der Waals surface area contributed by atoms with Gasteiger partial charge in [0.25, 0.3) is 0 Å². The number of fused-ring (bicyclic) bond motifs is 1. The van der Waals surface area contributed by atoms with E-state index in [4.69, 9.17) is 0 Å². The first-order chi connectivity index (χ1) is 8.86. The van der Waals surface area contributed by atoms with Gasteiger partial charge >= 0.3 is 0 Å². The topological polar surface area (TPSA) is 15.3 Å². The number of likely N-dealkylation sites (tertiary alicyclic amines) is 1. The maximum atomic E-state index is 3.56. The number of hydrogen-bond donors (Lipinski definition) is 1. The summed E-state index contributed by atoms with van der Waals surface area (Å²) in [5.74, 6) is 0.